The molecule has 28 heavy (non-hydrogen) atoms. The maximum Gasteiger partial charge on any atom is 0.220 e. The van der Waals surface area contributed by atoms with Gasteiger partial charge in [0.25, 0.3) is 0 Å². The SMILES string of the molecule is CNC(=O)CCS/C(=C/C(=N)/C1=C(Cl)/C=C/COCc2cccc1c2C)NC. The summed E-state index contributed by atoms with van der Waals surface area (Å²) in [5.74, 6) is 0.619. The first-order valence-corrected chi connectivity index (χ1v) is 10.4. The number of rotatable bonds is 7. The maximum atomic E-state index is 11.4. The van der Waals surface area contributed by atoms with Crippen LogP contribution in [0.1, 0.15) is 23.1 Å². The fourth-order valence-corrected chi connectivity index (χ4v) is 3.90. The number of hydrogen-bond acceptors (Lipinski definition) is 5. The predicted octanol–water partition coefficient (Wildman–Crippen LogP) is 3.98. The second-order valence-corrected chi connectivity index (χ2v) is 7.72. The molecule has 0 radical (unpaired) electrons. The van der Waals surface area contributed by atoms with E-state index in [-0.39, 0.29) is 5.91 Å². The Bertz CT molecular complexity index is 831. The van der Waals surface area contributed by atoms with E-state index in [9.17, 15) is 4.79 Å². The summed E-state index contributed by atoms with van der Waals surface area (Å²) in [6.07, 6.45) is 5.82. The van der Waals surface area contributed by atoms with Crippen LogP contribution < -0.4 is 10.6 Å². The Labute approximate surface area is 175 Å². The first-order chi connectivity index (χ1) is 13.5. The van der Waals surface area contributed by atoms with E-state index in [1.165, 1.54) is 11.8 Å². The normalized spacial score (nSPS) is 18.4. The minimum absolute atomic E-state index is 0.00379. The fourth-order valence-electron chi connectivity index (χ4n) is 2.75. The highest BCUT2D eigenvalue weighted by atomic mass is 35.5. The van der Waals surface area contributed by atoms with E-state index in [2.05, 4.69) is 10.6 Å². The van der Waals surface area contributed by atoms with Gasteiger partial charge in [0.2, 0.25) is 5.91 Å². The topological polar surface area (TPSA) is 74.2 Å². The molecule has 7 heteroatoms. The fraction of sp³-hybridized carbons (Fsp3) is 0.333. The van der Waals surface area contributed by atoms with Gasteiger partial charge < -0.3 is 20.8 Å². The summed E-state index contributed by atoms with van der Waals surface area (Å²) in [4.78, 5) is 11.4. The average molecular weight is 420 g/mol. The van der Waals surface area contributed by atoms with Crippen LogP contribution in [-0.2, 0) is 16.1 Å². The molecule has 0 saturated carbocycles. The van der Waals surface area contributed by atoms with E-state index >= 15 is 0 Å². The smallest absolute Gasteiger partial charge is 0.220 e. The number of carbonyl (C=O) groups is 1. The van der Waals surface area contributed by atoms with Crippen molar-refractivity contribution in [3.05, 3.63) is 63.2 Å². The van der Waals surface area contributed by atoms with Crippen LogP contribution in [0.2, 0.25) is 0 Å². The average Bonchev–Trinajstić information content (AvgIpc) is 2.68. The Morgan fingerprint density at radius 1 is 1.36 bits per heavy atom. The van der Waals surface area contributed by atoms with Crippen LogP contribution in [-0.4, -0.2) is 38.1 Å². The van der Waals surface area contributed by atoms with Crippen molar-refractivity contribution in [1.82, 2.24) is 10.6 Å². The third kappa shape index (κ3) is 5.99. The predicted molar refractivity (Wildman–Crippen MR) is 119 cm³/mol. The molecule has 0 fully saturated rings. The quantitative estimate of drug-likeness (QED) is 0.584. The van der Waals surface area contributed by atoms with E-state index in [4.69, 9.17) is 21.7 Å². The van der Waals surface area contributed by atoms with Crippen molar-refractivity contribution in [3.8, 4) is 0 Å². The molecule has 3 N–H and O–H groups in total. The van der Waals surface area contributed by atoms with Gasteiger partial charge in [-0.25, -0.2) is 0 Å². The molecular weight excluding hydrogens is 394 g/mol. The number of amides is 1. The number of thioether (sulfide) groups is 1. The second-order valence-electron chi connectivity index (χ2n) is 6.17. The Morgan fingerprint density at radius 2 is 2.14 bits per heavy atom. The van der Waals surface area contributed by atoms with E-state index < -0.39 is 0 Å². The number of halogens is 1. The van der Waals surface area contributed by atoms with E-state index in [1.54, 1.807) is 26.2 Å². The summed E-state index contributed by atoms with van der Waals surface area (Å²) in [6.45, 7) is 3.01. The first kappa shape index (κ1) is 22.3. The third-order valence-corrected chi connectivity index (χ3v) is 5.70. The van der Waals surface area contributed by atoms with Gasteiger partial charge in [0.15, 0.2) is 0 Å². The molecule has 1 aliphatic heterocycles. The molecule has 1 aromatic rings. The molecular formula is C21H26ClN3O2S. The lowest BCUT2D eigenvalue weighted by Gasteiger charge is -2.17. The second kappa shape index (κ2) is 11.1. The minimum atomic E-state index is -0.00379. The number of benzene rings is 1. The van der Waals surface area contributed by atoms with Gasteiger partial charge in [-0.2, -0.15) is 0 Å². The summed E-state index contributed by atoms with van der Waals surface area (Å²) in [5.41, 5.74) is 4.06. The summed E-state index contributed by atoms with van der Waals surface area (Å²) in [6, 6.07) is 5.97. The van der Waals surface area contributed by atoms with E-state index in [0.29, 0.717) is 41.7 Å². The number of nitrogens with one attached hydrogen (secondary N) is 3. The number of allylic oxidation sites excluding steroid dienone is 4. The highest BCUT2D eigenvalue weighted by Crippen LogP contribution is 2.30. The minimum Gasteiger partial charge on any atom is -0.383 e. The molecule has 0 aliphatic carbocycles. The Balaban J connectivity index is 2.36. The van der Waals surface area contributed by atoms with Crippen molar-refractivity contribution < 1.29 is 9.53 Å². The van der Waals surface area contributed by atoms with Crippen LogP contribution in [0, 0.1) is 12.3 Å². The van der Waals surface area contributed by atoms with Gasteiger partial charge in [-0.15, -0.1) is 11.8 Å². The summed E-state index contributed by atoms with van der Waals surface area (Å²) >= 11 is 8.08. The van der Waals surface area contributed by atoms with Crippen molar-refractivity contribution in [2.24, 2.45) is 0 Å². The molecule has 2 bridgehead atoms. The largest absolute Gasteiger partial charge is 0.383 e. The van der Waals surface area contributed by atoms with Crippen LogP contribution in [0.5, 0.6) is 0 Å². The lowest BCUT2D eigenvalue weighted by Crippen LogP contribution is -2.18. The van der Waals surface area contributed by atoms with Crippen molar-refractivity contribution >= 4 is 40.6 Å². The zero-order valence-electron chi connectivity index (χ0n) is 16.4. The molecule has 1 aromatic carbocycles. The molecule has 1 heterocycles. The zero-order valence-corrected chi connectivity index (χ0v) is 18.0. The monoisotopic (exact) mass is 419 g/mol. The molecule has 150 valence electrons. The number of hydrogen-bond donors (Lipinski definition) is 3. The van der Waals surface area contributed by atoms with E-state index in [0.717, 1.165) is 21.7 Å². The Hall–Kier alpha value is -2.02. The molecule has 1 aliphatic rings. The van der Waals surface area contributed by atoms with Gasteiger partial charge in [-0.3, -0.25) is 4.79 Å². The van der Waals surface area contributed by atoms with Gasteiger partial charge >= 0.3 is 0 Å². The molecule has 0 saturated heterocycles. The van der Waals surface area contributed by atoms with Gasteiger partial charge in [-0.05, 0) is 35.8 Å². The number of fused-ring (bicyclic) bond motifs is 2. The summed E-state index contributed by atoms with van der Waals surface area (Å²) in [7, 11) is 3.43. The van der Waals surface area contributed by atoms with Crippen molar-refractivity contribution in [2.45, 2.75) is 20.0 Å². The van der Waals surface area contributed by atoms with Crippen LogP contribution >= 0.6 is 23.4 Å². The van der Waals surface area contributed by atoms with Gasteiger partial charge in [0, 0.05) is 31.8 Å². The van der Waals surface area contributed by atoms with Crippen LogP contribution in [0.25, 0.3) is 5.57 Å². The molecule has 2 rings (SSSR count). The maximum absolute atomic E-state index is 11.4. The lowest BCUT2D eigenvalue weighted by atomic mass is 9.93. The Kier molecular flexibility index (Phi) is 8.83. The van der Waals surface area contributed by atoms with Crippen molar-refractivity contribution in [3.63, 3.8) is 0 Å². The molecule has 0 aromatic heterocycles. The highest BCUT2D eigenvalue weighted by molar-refractivity contribution is 8.03. The molecule has 0 unspecified atom stereocenters. The van der Waals surface area contributed by atoms with Crippen LogP contribution in [0.15, 0.2) is 46.5 Å². The lowest BCUT2D eigenvalue weighted by molar-refractivity contribution is -0.120. The number of ether oxygens (including phenoxy) is 1. The Morgan fingerprint density at radius 3 is 2.86 bits per heavy atom. The molecule has 5 nitrogen and oxygen atoms in total. The highest BCUT2D eigenvalue weighted by Gasteiger charge is 2.16. The van der Waals surface area contributed by atoms with Crippen LogP contribution in [0.3, 0.4) is 0 Å². The third-order valence-electron chi connectivity index (χ3n) is 4.35. The zero-order chi connectivity index (χ0) is 20.5. The van der Waals surface area contributed by atoms with Gasteiger partial charge in [-0.1, -0.05) is 35.9 Å². The molecule has 1 amide bonds. The summed E-state index contributed by atoms with van der Waals surface area (Å²) in [5, 5.41) is 15.7. The van der Waals surface area contributed by atoms with Gasteiger partial charge in [0.1, 0.15) is 0 Å². The first-order valence-electron chi connectivity index (χ1n) is 9.02. The summed E-state index contributed by atoms with van der Waals surface area (Å²) < 4.78 is 5.65. The number of carbonyl (C=O) groups excluding carboxylic acids is 1. The van der Waals surface area contributed by atoms with Crippen molar-refractivity contribution in [2.75, 3.05) is 26.5 Å². The standard InChI is InChI=1S/C21H26ClN3O2S/c1-14-15-6-4-7-16(14)21(17(22)8-5-10-27-13-15)18(23)12-20(25-3)28-11-9-19(26)24-2/h4-8,12,23,25H,9-11,13H2,1-3H3,(H,24,26)/b8-5+,20-12+,21-17-,23-18?. The van der Waals surface area contributed by atoms with Crippen LogP contribution in [0.4, 0.5) is 0 Å². The molecule has 0 atom stereocenters. The molecule has 0 spiro atoms. The van der Waals surface area contributed by atoms with E-state index in [1.807, 2.05) is 31.2 Å². The van der Waals surface area contributed by atoms with Gasteiger partial charge in [0.05, 0.1) is 29.0 Å². The van der Waals surface area contributed by atoms with Crippen molar-refractivity contribution in [1.29, 1.82) is 5.41 Å².